The van der Waals surface area contributed by atoms with Gasteiger partial charge in [-0.25, -0.2) is 0 Å². The maximum absolute atomic E-state index is 15.1. The molecule has 0 aromatic heterocycles. The number of ketones is 10. The molecule has 4 N–H and O–H groups in total. The van der Waals surface area contributed by atoms with E-state index in [9.17, 15) is 38.4 Å². The van der Waals surface area contributed by atoms with Crippen LogP contribution >= 0.6 is 0 Å². The predicted molar refractivity (Wildman–Crippen MR) is 312 cm³/mol. The molecule has 396 valence electrons. The Labute approximate surface area is 475 Å². The molecule has 10 aromatic carbocycles. The Kier molecular flexibility index (Phi) is 10.7. The number of rotatable bonds is 8. The normalized spacial score (nSPS) is 14.0. The van der Waals surface area contributed by atoms with E-state index in [1.54, 1.807) is 182 Å². The van der Waals surface area contributed by atoms with E-state index in [0.717, 1.165) is 0 Å². The highest BCUT2D eigenvalue weighted by Gasteiger charge is 2.40. The SMILES string of the molecule is O=C1c2ccccc2C(=O)c2c(Nc3ccc(Nc4cccc5c4C(=O)c4cccc(Nc6ccc(Nc7cccc8c7C(=O)c7ccccc7C8=O)c7c6C(=O)c6ccccc6C7=O)c4C5=O)c4c3C(=O)c3ccccc3C4=O)cccc21. The lowest BCUT2D eigenvalue weighted by molar-refractivity contribution is 0.0979. The highest BCUT2D eigenvalue weighted by atomic mass is 16.2. The molecule has 15 rings (SSSR count). The summed E-state index contributed by atoms with van der Waals surface area (Å²) in [5.74, 6) is -4.63. The molecule has 0 radical (unpaired) electrons. The molecule has 0 bridgehead atoms. The Morgan fingerprint density at radius 2 is 0.298 bits per heavy atom. The second-order valence-electron chi connectivity index (χ2n) is 20.7. The van der Waals surface area contributed by atoms with Crippen LogP contribution in [-0.4, -0.2) is 57.8 Å². The third kappa shape index (κ3) is 7.04. The molecular weight excluding hydrogens is 1060 g/mol. The molecule has 0 saturated heterocycles. The fourth-order valence-corrected chi connectivity index (χ4v) is 12.4. The first kappa shape index (κ1) is 49.2. The zero-order valence-corrected chi connectivity index (χ0v) is 43.6. The molecule has 0 fully saturated rings. The molecule has 14 nitrogen and oxygen atoms in total. The van der Waals surface area contributed by atoms with E-state index in [-0.39, 0.29) is 168 Å². The molecule has 0 amide bonds. The van der Waals surface area contributed by atoms with Crippen molar-refractivity contribution in [3.05, 3.63) is 305 Å². The van der Waals surface area contributed by atoms with Gasteiger partial charge in [-0.3, -0.25) is 47.9 Å². The largest absolute Gasteiger partial charge is 0.354 e. The molecule has 84 heavy (non-hydrogen) atoms. The van der Waals surface area contributed by atoms with Gasteiger partial charge in [0.25, 0.3) is 0 Å². The molecule has 5 aliphatic carbocycles. The van der Waals surface area contributed by atoms with E-state index in [0.29, 0.717) is 0 Å². The van der Waals surface area contributed by atoms with Crippen molar-refractivity contribution < 1.29 is 47.9 Å². The van der Waals surface area contributed by atoms with Crippen molar-refractivity contribution in [1.82, 2.24) is 0 Å². The van der Waals surface area contributed by atoms with Gasteiger partial charge in [0.05, 0.1) is 90.0 Å². The lowest BCUT2D eigenvalue weighted by atomic mass is 9.80. The van der Waals surface area contributed by atoms with Gasteiger partial charge in [0.1, 0.15) is 0 Å². The molecule has 10 aromatic rings. The third-order valence-electron chi connectivity index (χ3n) is 16.2. The maximum atomic E-state index is 15.1. The molecule has 0 spiro atoms. The summed E-state index contributed by atoms with van der Waals surface area (Å²) in [6, 6.07) is 51.0. The quantitative estimate of drug-likeness (QED) is 0.111. The molecule has 14 heteroatoms. The molecule has 0 unspecified atom stereocenters. The summed E-state index contributed by atoms with van der Waals surface area (Å²) >= 11 is 0. The first-order valence-electron chi connectivity index (χ1n) is 26.6. The second kappa shape index (κ2) is 18.3. The Bertz CT molecular complexity index is 4590. The van der Waals surface area contributed by atoms with Crippen molar-refractivity contribution in [1.29, 1.82) is 0 Å². The van der Waals surface area contributed by atoms with Crippen molar-refractivity contribution in [2.24, 2.45) is 0 Å². The van der Waals surface area contributed by atoms with Gasteiger partial charge in [-0.05, 0) is 48.5 Å². The minimum atomic E-state index is -0.565. The maximum Gasteiger partial charge on any atom is 0.196 e. The van der Waals surface area contributed by atoms with Crippen LogP contribution in [0, 0.1) is 0 Å². The van der Waals surface area contributed by atoms with Crippen LogP contribution in [0.3, 0.4) is 0 Å². The summed E-state index contributed by atoms with van der Waals surface area (Å²) < 4.78 is 0. The molecule has 0 atom stereocenters. The topological polar surface area (TPSA) is 219 Å². The van der Waals surface area contributed by atoms with Crippen LogP contribution < -0.4 is 21.3 Å². The second-order valence-corrected chi connectivity index (χ2v) is 20.7. The Morgan fingerprint density at radius 3 is 0.524 bits per heavy atom. The van der Waals surface area contributed by atoms with E-state index in [2.05, 4.69) is 21.3 Å². The number of hydrogen-bond acceptors (Lipinski definition) is 14. The van der Waals surface area contributed by atoms with Crippen LogP contribution in [-0.2, 0) is 0 Å². The fraction of sp³-hybridized carbons (Fsp3) is 0. The molecule has 0 aliphatic heterocycles. The van der Waals surface area contributed by atoms with Crippen LogP contribution in [0.1, 0.15) is 159 Å². The lowest BCUT2D eigenvalue weighted by Gasteiger charge is -2.27. The Morgan fingerprint density at radius 1 is 0.143 bits per heavy atom. The van der Waals surface area contributed by atoms with Gasteiger partial charge in [0, 0.05) is 66.8 Å². The number of nitrogens with one attached hydrogen (secondary N) is 4. The first-order valence-corrected chi connectivity index (χ1v) is 26.6. The Balaban J connectivity index is 0.793. The summed E-state index contributed by atoms with van der Waals surface area (Å²) in [4.78, 5) is 145. The smallest absolute Gasteiger partial charge is 0.196 e. The monoisotopic (exact) mass is 1090 g/mol. The standard InChI is InChI=1S/C70H36N4O10/c75-61-33-13-1-3-15-35(33)63(77)53-41(61)21-9-25-45(53)71-49-29-31-51(59-57(49)65(79)37-17-5-7-19-39(37)67(59)81)73-47-27-11-23-43-55(47)69(83)44-24-12-28-48(56(44)70(43)84)74-52-32-30-50(58-60(52)68(82)40-20-8-6-18-38(40)66(58)80)72-46-26-10-22-42-54(46)64(78)36-16-4-2-14-34(36)62(42)76/h1-32,71-74H. The number of carbonyl (C=O) groups excluding carboxylic acids is 10. The number of fused-ring (bicyclic) bond motifs is 10. The zero-order valence-electron chi connectivity index (χ0n) is 43.6. The van der Waals surface area contributed by atoms with Crippen molar-refractivity contribution in [2.75, 3.05) is 21.3 Å². The van der Waals surface area contributed by atoms with Crippen LogP contribution in [0.15, 0.2) is 194 Å². The van der Waals surface area contributed by atoms with Crippen LogP contribution in [0.25, 0.3) is 0 Å². The van der Waals surface area contributed by atoms with E-state index in [1.807, 2.05) is 0 Å². The van der Waals surface area contributed by atoms with Crippen LogP contribution in [0.2, 0.25) is 0 Å². The number of hydrogen-bond donors (Lipinski definition) is 4. The summed E-state index contributed by atoms with van der Waals surface area (Å²) in [5, 5.41) is 12.9. The van der Waals surface area contributed by atoms with Crippen molar-refractivity contribution in [3.63, 3.8) is 0 Å². The van der Waals surface area contributed by atoms with E-state index in [1.165, 1.54) is 12.1 Å². The minimum Gasteiger partial charge on any atom is -0.354 e. The summed E-state index contributed by atoms with van der Waals surface area (Å²) in [6.45, 7) is 0. The number of carbonyl (C=O) groups is 10. The molecule has 5 aliphatic rings. The zero-order chi connectivity index (χ0) is 57.4. The molecular formula is C70H36N4O10. The van der Waals surface area contributed by atoms with Crippen molar-refractivity contribution >= 4 is 103 Å². The minimum absolute atomic E-state index is 0.00453. The molecule has 0 heterocycles. The Hall–Kier alpha value is -11.9. The van der Waals surface area contributed by atoms with Gasteiger partial charge < -0.3 is 21.3 Å². The van der Waals surface area contributed by atoms with E-state index >= 15 is 9.59 Å². The van der Waals surface area contributed by atoms with Gasteiger partial charge in [-0.1, -0.05) is 146 Å². The number of benzene rings is 10. The van der Waals surface area contributed by atoms with E-state index in [4.69, 9.17) is 0 Å². The van der Waals surface area contributed by atoms with Gasteiger partial charge in [0.15, 0.2) is 57.8 Å². The van der Waals surface area contributed by atoms with E-state index < -0.39 is 46.3 Å². The van der Waals surface area contributed by atoms with Gasteiger partial charge in [-0.15, -0.1) is 0 Å². The van der Waals surface area contributed by atoms with Crippen molar-refractivity contribution in [3.8, 4) is 0 Å². The summed E-state index contributed by atoms with van der Waals surface area (Å²) in [7, 11) is 0. The molecule has 0 saturated carbocycles. The number of anilines is 8. The first-order chi connectivity index (χ1) is 40.9. The highest BCUT2D eigenvalue weighted by Crippen LogP contribution is 2.45. The summed E-state index contributed by atoms with van der Waals surface area (Å²) in [5.41, 5.74) is 3.34. The van der Waals surface area contributed by atoms with Crippen LogP contribution in [0.4, 0.5) is 45.5 Å². The summed E-state index contributed by atoms with van der Waals surface area (Å²) in [6.07, 6.45) is 0. The van der Waals surface area contributed by atoms with Gasteiger partial charge in [-0.2, -0.15) is 0 Å². The highest BCUT2D eigenvalue weighted by molar-refractivity contribution is 6.37. The third-order valence-corrected chi connectivity index (χ3v) is 16.2. The van der Waals surface area contributed by atoms with Gasteiger partial charge in [0.2, 0.25) is 0 Å². The predicted octanol–water partition coefficient (Wildman–Crippen LogP) is 12.5. The van der Waals surface area contributed by atoms with Crippen molar-refractivity contribution in [2.45, 2.75) is 0 Å². The average Bonchev–Trinajstić information content (AvgIpc) is 2.83. The fourth-order valence-electron chi connectivity index (χ4n) is 12.4. The lowest BCUT2D eigenvalue weighted by Crippen LogP contribution is -2.26. The van der Waals surface area contributed by atoms with Gasteiger partial charge >= 0.3 is 0 Å². The van der Waals surface area contributed by atoms with Crippen LogP contribution in [0.5, 0.6) is 0 Å². The average molecular weight is 1090 g/mol.